The van der Waals surface area contributed by atoms with Crippen LogP contribution in [0.1, 0.15) is 17.3 Å². The molecule has 0 atom stereocenters. The van der Waals surface area contributed by atoms with Gasteiger partial charge in [0.25, 0.3) is 5.91 Å². The van der Waals surface area contributed by atoms with Crippen LogP contribution in [-0.2, 0) is 0 Å². The summed E-state index contributed by atoms with van der Waals surface area (Å²) in [7, 11) is 3.19. The van der Waals surface area contributed by atoms with Crippen molar-refractivity contribution in [3.05, 3.63) is 54.1 Å². The van der Waals surface area contributed by atoms with E-state index < -0.39 is 0 Å². The van der Waals surface area contributed by atoms with Crippen molar-refractivity contribution in [3.63, 3.8) is 0 Å². The van der Waals surface area contributed by atoms with Crippen molar-refractivity contribution in [1.82, 2.24) is 10.3 Å². The van der Waals surface area contributed by atoms with Gasteiger partial charge in [0.05, 0.1) is 31.0 Å². The Hall–Kier alpha value is -3.08. The predicted octanol–water partition coefficient (Wildman–Crippen LogP) is 3.67. The molecule has 25 heavy (non-hydrogen) atoms. The normalized spacial score (nSPS) is 10.5. The van der Waals surface area contributed by atoms with Crippen molar-refractivity contribution < 1.29 is 14.3 Å². The van der Waals surface area contributed by atoms with Crippen LogP contribution in [0.25, 0.3) is 22.2 Å². The maximum Gasteiger partial charge on any atom is 0.252 e. The number of carbonyl (C=O) groups is 1. The minimum Gasteiger partial charge on any atom is -0.493 e. The maximum atomic E-state index is 12.5. The van der Waals surface area contributed by atoms with Gasteiger partial charge in [0, 0.05) is 17.5 Å². The zero-order chi connectivity index (χ0) is 17.8. The zero-order valence-electron chi connectivity index (χ0n) is 14.5. The summed E-state index contributed by atoms with van der Waals surface area (Å²) in [4.78, 5) is 17.2. The first-order chi connectivity index (χ1) is 12.2. The molecule has 1 heterocycles. The third-order valence-electron chi connectivity index (χ3n) is 3.98. The fourth-order valence-electron chi connectivity index (χ4n) is 2.76. The quantitative estimate of drug-likeness (QED) is 0.772. The molecule has 0 unspecified atom stereocenters. The Morgan fingerprint density at radius 3 is 2.52 bits per heavy atom. The number of hydrogen-bond donors (Lipinski definition) is 1. The monoisotopic (exact) mass is 336 g/mol. The van der Waals surface area contributed by atoms with Crippen molar-refractivity contribution >= 4 is 16.8 Å². The molecule has 0 saturated heterocycles. The molecule has 1 aromatic heterocycles. The van der Waals surface area contributed by atoms with Crippen molar-refractivity contribution in [1.29, 1.82) is 0 Å². The molecule has 0 radical (unpaired) electrons. The first-order valence-corrected chi connectivity index (χ1v) is 8.08. The maximum absolute atomic E-state index is 12.5. The van der Waals surface area contributed by atoms with Crippen LogP contribution in [0.2, 0.25) is 0 Å². The summed E-state index contributed by atoms with van der Waals surface area (Å²) >= 11 is 0. The van der Waals surface area contributed by atoms with Crippen LogP contribution >= 0.6 is 0 Å². The molecule has 5 nitrogen and oxygen atoms in total. The highest BCUT2D eigenvalue weighted by molar-refractivity contribution is 6.07. The molecule has 128 valence electrons. The lowest BCUT2D eigenvalue weighted by atomic mass is 10.0. The average Bonchev–Trinajstić information content (AvgIpc) is 2.66. The first kappa shape index (κ1) is 16.8. The van der Waals surface area contributed by atoms with Gasteiger partial charge >= 0.3 is 0 Å². The second kappa shape index (κ2) is 7.21. The van der Waals surface area contributed by atoms with E-state index in [2.05, 4.69) is 5.32 Å². The van der Waals surface area contributed by atoms with Gasteiger partial charge in [-0.1, -0.05) is 18.2 Å². The van der Waals surface area contributed by atoms with Crippen LogP contribution in [0.4, 0.5) is 0 Å². The summed E-state index contributed by atoms with van der Waals surface area (Å²) in [5.74, 6) is 1.16. The predicted molar refractivity (Wildman–Crippen MR) is 98.3 cm³/mol. The molecule has 0 spiro atoms. The Kier molecular flexibility index (Phi) is 4.84. The number of amides is 1. The summed E-state index contributed by atoms with van der Waals surface area (Å²) < 4.78 is 10.7. The Balaban J connectivity index is 2.18. The van der Waals surface area contributed by atoms with Gasteiger partial charge in [0.2, 0.25) is 0 Å². The summed E-state index contributed by atoms with van der Waals surface area (Å²) in [5.41, 5.74) is 2.95. The number of nitrogens with zero attached hydrogens (tertiary/aromatic N) is 1. The molecule has 0 aliphatic heterocycles. The van der Waals surface area contributed by atoms with E-state index in [0.29, 0.717) is 29.3 Å². The molecule has 3 aromatic rings. The van der Waals surface area contributed by atoms with E-state index in [1.165, 1.54) is 0 Å². The van der Waals surface area contributed by atoms with E-state index in [4.69, 9.17) is 14.5 Å². The van der Waals surface area contributed by atoms with E-state index >= 15 is 0 Å². The zero-order valence-corrected chi connectivity index (χ0v) is 14.5. The fourth-order valence-corrected chi connectivity index (χ4v) is 2.76. The second-order valence-electron chi connectivity index (χ2n) is 5.50. The molecule has 0 bridgehead atoms. The second-order valence-corrected chi connectivity index (χ2v) is 5.50. The number of hydrogen-bond acceptors (Lipinski definition) is 4. The summed E-state index contributed by atoms with van der Waals surface area (Å²) in [6.07, 6.45) is 0. The van der Waals surface area contributed by atoms with Crippen molar-refractivity contribution in [2.24, 2.45) is 0 Å². The Morgan fingerprint density at radius 1 is 1.04 bits per heavy atom. The SMILES string of the molecule is CCNC(=O)c1cc(-c2ccc(OC)c(OC)c2)nc2ccccc12. The molecule has 0 fully saturated rings. The number of methoxy groups -OCH3 is 2. The number of ether oxygens (including phenoxy) is 2. The van der Waals surface area contributed by atoms with Gasteiger partial charge in [0.1, 0.15) is 0 Å². The lowest BCUT2D eigenvalue weighted by Crippen LogP contribution is -2.23. The molecule has 5 heteroatoms. The molecule has 0 aliphatic carbocycles. The van der Waals surface area contributed by atoms with Crippen LogP contribution in [0.15, 0.2) is 48.5 Å². The number of pyridine rings is 1. The van der Waals surface area contributed by atoms with Gasteiger partial charge < -0.3 is 14.8 Å². The van der Waals surface area contributed by atoms with E-state index in [-0.39, 0.29) is 5.91 Å². The van der Waals surface area contributed by atoms with Crippen molar-refractivity contribution in [2.75, 3.05) is 20.8 Å². The van der Waals surface area contributed by atoms with Crippen molar-refractivity contribution in [2.45, 2.75) is 6.92 Å². The molecule has 1 amide bonds. The first-order valence-electron chi connectivity index (χ1n) is 8.08. The fraction of sp³-hybridized carbons (Fsp3) is 0.200. The number of fused-ring (bicyclic) bond motifs is 1. The van der Waals surface area contributed by atoms with Crippen LogP contribution < -0.4 is 14.8 Å². The molecule has 1 N–H and O–H groups in total. The number of carbonyl (C=O) groups excluding carboxylic acids is 1. The van der Waals surface area contributed by atoms with E-state index in [1.807, 2.05) is 55.5 Å². The Bertz CT molecular complexity index is 922. The highest BCUT2D eigenvalue weighted by Crippen LogP contribution is 2.33. The van der Waals surface area contributed by atoms with Gasteiger partial charge in [-0.3, -0.25) is 4.79 Å². The number of para-hydroxylation sites is 1. The highest BCUT2D eigenvalue weighted by Gasteiger charge is 2.14. The molecule has 3 rings (SSSR count). The minimum atomic E-state index is -0.108. The summed E-state index contributed by atoms with van der Waals surface area (Å²) in [6, 6.07) is 15.0. The van der Waals surface area contributed by atoms with Crippen LogP contribution in [0.5, 0.6) is 11.5 Å². The topological polar surface area (TPSA) is 60.5 Å². The highest BCUT2D eigenvalue weighted by atomic mass is 16.5. The Labute approximate surface area is 146 Å². The average molecular weight is 336 g/mol. The van der Waals surface area contributed by atoms with Crippen LogP contribution in [0, 0.1) is 0 Å². The van der Waals surface area contributed by atoms with Crippen molar-refractivity contribution in [3.8, 4) is 22.8 Å². The molecule has 0 aliphatic rings. The summed E-state index contributed by atoms with van der Waals surface area (Å²) in [6.45, 7) is 2.47. The van der Waals surface area contributed by atoms with Gasteiger partial charge in [-0.25, -0.2) is 4.98 Å². The summed E-state index contributed by atoms with van der Waals surface area (Å²) in [5, 5.41) is 3.69. The molecular formula is C20H20N2O3. The van der Waals surface area contributed by atoms with Gasteiger partial charge in [0.15, 0.2) is 11.5 Å². The van der Waals surface area contributed by atoms with Gasteiger partial charge in [-0.2, -0.15) is 0 Å². The lowest BCUT2D eigenvalue weighted by Gasteiger charge is -2.12. The molecular weight excluding hydrogens is 316 g/mol. The number of rotatable bonds is 5. The third kappa shape index (κ3) is 3.26. The Morgan fingerprint density at radius 2 is 1.80 bits per heavy atom. The standard InChI is InChI=1S/C20H20N2O3/c1-4-21-20(23)15-12-17(22-16-8-6-5-7-14(15)16)13-9-10-18(24-2)19(11-13)25-3/h5-12H,4H2,1-3H3,(H,21,23). The largest absolute Gasteiger partial charge is 0.493 e. The van der Waals surface area contributed by atoms with E-state index in [9.17, 15) is 4.79 Å². The number of nitrogens with one attached hydrogen (secondary N) is 1. The number of aromatic nitrogens is 1. The minimum absolute atomic E-state index is 0.108. The lowest BCUT2D eigenvalue weighted by molar-refractivity contribution is 0.0957. The van der Waals surface area contributed by atoms with Crippen LogP contribution in [-0.4, -0.2) is 31.7 Å². The molecule has 2 aromatic carbocycles. The smallest absolute Gasteiger partial charge is 0.252 e. The number of benzene rings is 2. The van der Waals surface area contributed by atoms with Gasteiger partial charge in [-0.15, -0.1) is 0 Å². The van der Waals surface area contributed by atoms with E-state index in [1.54, 1.807) is 14.2 Å². The molecule has 0 saturated carbocycles. The van der Waals surface area contributed by atoms with Gasteiger partial charge in [-0.05, 0) is 37.3 Å². The third-order valence-corrected chi connectivity index (χ3v) is 3.98. The van der Waals surface area contributed by atoms with Crippen LogP contribution in [0.3, 0.4) is 0 Å². The van der Waals surface area contributed by atoms with E-state index in [0.717, 1.165) is 16.5 Å².